The summed E-state index contributed by atoms with van der Waals surface area (Å²) < 4.78 is 30.5. The van der Waals surface area contributed by atoms with Crippen LogP contribution < -0.4 is 10.2 Å². The van der Waals surface area contributed by atoms with E-state index in [-0.39, 0.29) is 31.5 Å². The topological polar surface area (TPSA) is 114 Å². The van der Waals surface area contributed by atoms with E-state index in [0.29, 0.717) is 17.4 Å². The van der Waals surface area contributed by atoms with Gasteiger partial charge in [0, 0.05) is 12.8 Å². The first-order valence-electron chi connectivity index (χ1n) is 36.6. The molecule has 3 unspecified atom stereocenters. The molecule has 0 aromatic rings. The minimum atomic E-state index is -4.70. The number of quaternary nitrogens is 1. The van der Waals surface area contributed by atoms with E-state index >= 15 is 0 Å². The highest BCUT2D eigenvalue weighted by Crippen LogP contribution is 2.38. The Labute approximate surface area is 517 Å². The van der Waals surface area contributed by atoms with Crippen LogP contribution in [0.4, 0.5) is 0 Å². The van der Waals surface area contributed by atoms with Gasteiger partial charge >= 0.3 is 5.97 Å². The first kappa shape index (κ1) is 81.5. The van der Waals surface area contributed by atoms with Crippen LogP contribution in [0.25, 0.3) is 0 Å². The highest BCUT2D eigenvalue weighted by Gasteiger charge is 2.27. The Morgan fingerprint density at radius 1 is 0.410 bits per heavy atom. The summed E-state index contributed by atoms with van der Waals surface area (Å²) in [6, 6.07) is -0.885. The fourth-order valence-corrected chi connectivity index (χ4v) is 12.0. The van der Waals surface area contributed by atoms with Gasteiger partial charge in [-0.15, -0.1) is 0 Å². The van der Waals surface area contributed by atoms with E-state index in [4.69, 9.17) is 13.8 Å². The SMILES string of the molecule is CCCCCCCC/C=C/CCCCCCCCCCCC(=O)OC(/C=C/CCCCCCCCCCCCC)C(COP(=O)([O-])OCC[N+](C)(C)C)NC(=O)CCCCCCCCCCCCCCCCCCCCCCCCCCC. The van der Waals surface area contributed by atoms with Gasteiger partial charge in [-0.3, -0.25) is 14.2 Å². The van der Waals surface area contributed by atoms with Gasteiger partial charge in [-0.25, -0.2) is 0 Å². The predicted octanol–water partition coefficient (Wildman–Crippen LogP) is 22.6. The maximum atomic E-state index is 13.6. The molecule has 0 bridgehead atoms. The first-order chi connectivity index (χ1) is 40.4. The zero-order valence-corrected chi connectivity index (χ0v) is 57.3. The number of hydrogen-bond donors (Lipinski definition) is 1. The van der Waals surface area contributed by atoms with Crippen LogP contribution in [0.15, 0.2) is 24.3 Å². The van der Waals surface area contributed by atoms with Crippen molar-refractivity contribution in [3.8, 4) is 0 Å². The summed E-state index contributed by atoms with van der Waals surface area (Å²) in [4.78, 5) is 40.2. The third-order valence-electron chi connectivity index (χ3n) is 16.9. The maximum absolute atomic E-state index is 13.6. The zero-order chi connectivity index (χ0) is 60.7. The number of phosphoric ester groups is 1. The second-order valence-electron chi connectivity index (χ2n) is 26.5. The summed E-state index contributed by atoms with van der Waals surface area (Å²) in [5.41, 5.74) is 0. The number of likely N-dealkylation sites (N-methyl/N-ethyl adjacent to an activating group) is 1. The summed E-state index contributed by atoms with van der Waals surface area (Å²) in [5, 5.41) is 3.05. The normalized spacial score (nSPS) is 13.6. The van der Waals surface area contributed by atoms with Crippen molar-refractivity contribution >= 4 is 19.7 Å². The molecule has 0 heterocycles. The van der Waals surface area contributed by atoms with Gasteiger partial charge in [-0.1, -0.05) is 334 Å². The quantitative estimate of drug-likeness (QED) is 0.0212. The summed E-state index contributed by atoms with van der Waals surface area (Å²) in [6.07, 6.45) is 77.3. The third-order valence-corrected chi connectivity index (χ3v) is 17.8. The number of carbonyl (C=O) groups excluding carboxylic acids is 2. The molecule has 492 valence electrons. The number of rotatable bonds is 68. The van der Waals surface area contributed by atoms with Crippen LogP contribution in [0.2, 0.25) is 0 Å². The molecule has 0 aliphatic heterocycles. The molecular formula is C73H143N2O7P. The summed E-state index contributed by atoms with van der Waals surface area (Å²) in [5.74, 6) is -0.519. The summed E-state index contributed by atoms with van der Waals surface area (Å²) >= 11 is 0. The third kappa shape index (κ3) is 64.8. The van der Waals surface area contributed by atoms with Crippen molar-refractivity contribution in [1.29, 1.82) is 0 Å². The molecular weight excluding hydrogens is 1050 g/mol. The molecule has 0 spiro atoms. The molecule has 1 N–H and O–H groups in total. The monoisotopic (exact) mass is 1190 g/mol. The van der Waals surface area contributed by atoms with E-state index in [2.05, 4.69) is 38.2 Å². The lowest BCUT2D eigenvalue weighted by molar-refractivity contribution is -0.870. The molecule has 3 atom stereocenters. The second-order valence-corrected chi connectivity index (χ2v) is 27.9. The molecule has 0 radical (unpaired) electrons. The number of nitrogens with one attached hydrogen (secondary N) is 1. The average molecular weight is 1190 g/mol. The number of ether oxygens (including phenoxy) is 1. The number of allylic oxidation sites excluding steroid dienone is 3. The van der Waals surface area contributed by atoms with Crippen LogP contribution in [0.1, 0.15) is 380 Å². The van der Waals surface area contributed by atoms with Crippen molar-refractivity contribution in [1.82, 2.24) is 5.32 Å². The van der Waals surface area contributed by atoms with Gasteiger partial charge in [-0.05, 0) is 57.4 Å². The van der Waals surface area contributed by atoms with Crippen LogP contribution >= 0.6 is 7.82 Å². The van der Waals surface area contributed by atoms with E-state index in [0.717, 1.165) is 57.8 Å². The largest absolute Gasteiger partial charge is 0.756 e. The molecule has 0 saturated heterocycles. The van der Waals surface area contributed by atoms with E-state index < -0.39 is 20.0 Å². The van der Waals surface area contributed by atoms with Crippen molar-refractivity contribution < 1.29 is 37.3 Å². The molecule has 0 rings (SSSR count). The van der Waals surface area contributed by atoms with E-state index in [1.165, 1.54) is 289 Å². The minimum absolute atomic E-state index is 0.0184. The lowest BCUT2D eigenvalue weighted by Crippen LogP contribution is -2.47. The Hall–Kier alpha value is -1.51. The zero-order valence-electron chi connectivity index (χ0n) is 56.4. The van der Waals surface area contributed by atoms with Crippen LogP contribution in [-0.2, 0) is 27.9 Å². The van der Waals surface area contributed by atoms with E-state index in [1.54, 1.807) is 0 Å². The number of carbonyl (C=O) groups is 2. The van der Waals surface area contributed by atoms with Crippen molar-refractivity contribution in [2.24, 2.45) is 0 Å². The Morgan fingerprint density at radius 2 is 0.699 bits per heavy atom. The molecule has 0 aromatic heterocycles. The molecule has 83 heavy (non-hydrogen) atoms. The van der Waals surface area contributed by atoms with Crippen LogP contribution in [0.3, 0.4) is 0 Å². The Morgan fingerprint density at radius 3 is 1.02 bits per heavy atom. The van der Waals surface area contributed by atoms with Gasteiger partial charge in [0.25, 0.3) is 7.82 Å². The number of phosphoric acid groups is 1. The van der Waals surface area contributed by atoms with Crippen molar-refractivity contribution in [3.05, 3.63) is 24.3 Å². The predicted molar refractivity (Wildman–Crippen MR) is 358 cm³/mol. The Kier molecular flexibility index (Phi) is 62.4. The number of hydrogen-bond acceptors (Lipinski definition) is 7. The van der Waals surface area contributed by atoms with Gasteiger partial charge in [0.1, 0.15) is 19.3 Å². The molecule has 10 heteroatoms. The van der Waals surface area contributed by atoms with Gasteiger partial charge < -0.3 is 28.5 Å². The first-order valence-corrected chi connectivity index (χ1v) is 38.1. The van der Waals surface area contributed by atoms with Gasteiger partial charge in [0.15, 0.2) is 0 Å². The molecule has 0 saturated carbocycles. The lowest BCUT2D eigenvalue weighted by Gasteiger charge is -2.30. The van der Waals surface area contributed by atoms with Crippen LogP contribution in [0.5, 0.6) is 0 Å². The second kappa shape index (κ2) is 63.5. The van der Waals surface area contributed by atoms with Crippen molar-refractivity contribution in [3.63, 3.8) is 0 Å². The Bertz CT molecular complexity index is 1470. The smallest absolute Gasteiger partial charge is 0.306 e. The molecule has 0 aliphatic rings. The molecule has 1 amide bonds. The molecule has 9 nitrogen and oxygen atoms in total. The van der Waals surface area contributed by atoms with E-state index in [1.807, 2.05) is 33.3 Å². The molecule has 0 aliphatic carbocycles. The highest BCUT2D eigenvalue weighted by molar-refractivity contribution is 7.45. The minimum Gasteiger partial charge on any atom is -0.756 e. The van der Waals surface area contributed by atoms with Crippen LogP contribution in [0, 0.1) is 0 Å². The number of unbranched alkanes of at least 4 members (excludes halogenated alkanes) is 50. The fraction of sp³-hybridized carbons (Fsp3) is 0.918. The van der Waals surface area contributed by atoms with Crippen LogP contribution in [-0.4, -0.2) is 69.4 Å². The average Bonchev–Trinajstić information content (AvgIpc) is 3.46. The standard InChI is InChI=1S/C73H143N2O7P/c1-7-10-13-16-19-22-25-28-30-32-34-35-36-37-38-39-41-42-44-47-50-53-56-59-62-65-72(76)74-70(69-81-83(78,79)80-68-67-75(4,5)6)71(64-61-58-55-52-49-46-27-24-21-18-15-12-9-3)82-73(77)66-63-60-57-54-51-48-45-43-40-33-31-29-26-23-20-17-14-11-8-2/h29,31,61,64,70-71H,7-28,30,32-60,62-63,65-69H2,1-6H3,(H-,74,76,78,79)/b31-29+,64-61+. The summed E-state index contributed by atoms with van der Waals surface area (Å²) in [7, 11) is 1.21. The maximum Gasteiger partial charge on any atom is 0.306 e. The van der Waals surface area contributed by atoms with Gasteiger partial charge in [0.2, 0.25) is 5.91 Å². The lowest BCUT2D eigenvalue weighted by atomic mass is 10.0. The number of amides is 1. The Balaban J connectivity index is 5.03. The van der Waals surface area contributed by atoms with Crippen molar-refractivity contribution in [2.75, 3.05) is 40.9 Å². The number of esters is 1. The van der Waals surface area contributed by atoms with Crippen molar-refractivity contribution in [2.45, 2.75) is 392 Å². The summed E-state index contributed by atoms with van der Waals surface area (Å²) in [6.45, 7) is 6.91. The van der Waals surface area contributed by atoms with E-state index in [9.17, 15) is 19.0 Å². The molecule has 0 fully saturated rings. The highest BCUT2D eigenvalue weighted by atomic mass is 31.2. The number of nitrogens with zero attached hydrogens (tertiary/aromatic N) is 1. The van der Waals surface area contributed by atoms with Gasteiger partial charge in [-0.2, -0.15) is 0 Å². The van der Waals surface area contributed by atoms with Gasteiger partial charge in [0.05, 0.1) is 33.8 Å². The molecule has 0 aromatic carbocycles. The fourth-order valence-electron chi connectivity index (χ4n) is 11.2.